The lowest BCUT2D eigenvalue weighted by Gasteiger charge is -2.05. The average molecular weight is 344 g/mol. The highest BCUT2D eigenvalue weighted by atomic mass is 15.2. The van der Waals surface area contributed by atoms with Gasteiger partial charge in [0, 0.05) is 16.2 Å². The van der Waals surface area contributed by atoms with Gasteiger partial charge in [0.15, 0.2) is 11.3 Å². The zero-order chi connectivity index (χ0) is 17.3. The number of H-pyrrole nitrogens is 1. The third kappa shape index (κ3) is 1.23. The fourth-order valence-corrected chi connectivity index (χ4v) is 4.56. The first-order valence-corrected chi connectivity index (χ1v) is 8.77. The van der Waals surface area contributed by atoms with Gasteiger partial charge in [0.1, 0.15) is 5.52 Å². The van der Waals surface area contributed by atoms with Gasteiger partial charge in [-0.2, -0.15) is 0 Å². The summed E-state index contributed by atoms with van der Waals surface area (Å²) in [5, 5.41) is 9.07. The van der Waals surface area contributed by atoms with Crippen molar-refractivity contribution in [3.63, 3.8) is 0 Å². The molecule has 8 aromatic rings. The van der Waals surface area contributed by atoms with Crippen molar-refractivity contribution in [1.82, 2.24) is 29.7 Å². The zero-order valence-electron chi connectivity index (χ0n) is 13.8. The summed E-state index contributed by atoms with van der Waals surface area (Å²) in [6.45, 7) is 0. The molecule has 0 saturated heterocycles. The lowest BCUT2D eigenvalue weighted by atomic mass is 10.0. The predicted molar refractivity (Wildman–Crippen MR) is 104 cm³/mol. The van der Waals surface area contributed by atoms with E-state index in [1.807, 2.05) is 16.5 Å². The number of nitrogens with one attached hydrogen (secondary N) is 1. The van der Waals surface area contributed by atoms with Crippen molar-refractivity contribution in [2.75, 3.05) is 0 Å². The molecule has 27 heavy (non-hydrogen) atoms. The van der Waals surface area contributed by atoms with Crippen LogP contribution < -0.4 is 5.32 Å². The summed E-state index contributed by atoms with van der Waals surface area (Å²) in [6, 6.07) is 17.6. The van der Waals surface area contributed by atoms with E-state index >= 15 is 0 Å². The van der Waals surface area contributed by atoms with E-state index in [0.717, 1.165) is 66.1 Å². The van der Waals surface area contributed by atoms with Crippen molar-refractivity contribution >= 4 is 72.1 Å². The largest absolute Gasteiger partial charge is 0.335 e. The molecule has 0 saturated carbocycles. The van der Waals surface area contributed by atoms with Crippen LogP contribution in [0.5, 0.6) is 0 Å². The van der Waals surface area contributed by atoms with Gasteiger partial charge in [-0.1, -0.05) is 18.2 Å². The summed E-state index contributed by atoms with van der Waals surface area (Å²) in [5.74, 6) is 0.626. The third-order valence-electron chi connectivity index (χ3n) is 5.69. The van der Waals surface area contributed by atoms with Gasteiger partial charge in [-0.25, -0.2) is 20.3 Å². The molecule has 0 fully saturated rings. The summed E-state index contributed by atoms with van der Waals surface area (Å²) in [4.78, 5) is 18.2. The lowest BCUT2D eigenvalue weighted by molar-refractivity contribution is 1.05. The third-order valence-corrected chi connectivity index (χ3v) is 5.69. The zero-order valence-corrected chi connectivity index (χ0v) is 13.8. The molecule has 5 aromatic heterocycles. The number of aromatic amines is 1. The molecule has 1 N–H and O–H groups in total. The highest BCUT2D eigenvalue weighted by Gasteiger charge is 2.23. The summed E-state index contributed by atoms with van der Waals surface area (Å²) in [6.07, 6.45) is 0. The van der Waals surface area contributed by atoms with Gasteiger partial charge in [0.2, 0.25) is 5.95 Å². The second-order valence-corrected chi connectivity index (χ2v) is 7.04. The van der Waals surface area contributed by atoms with E-state index in [9.17, 15) is 0 Å². The van der Waals surface area contributed by atoms with Crippen molar-refractivity contribution in [2.45, 2.75) is 0 Å². The van der Waals surface area contributed by atoms with Gasteiger partial charge in [-0.3, -0.25) is 4.40 Å². The molecule has 9 rings (SSSR count). The topological polar surface area (TPSA) is 73.0 Å². The van der Waals surface area contributed by atoms with Crippen molar-refractivity contribution in [3.8, 4) is 0 Å². The molecule has 3 aromatic carbocycles. The van der Waals surface area contributed by atoms with Crippen LogP contribution in [0.25, 0.3) is 60.4 Å². The monoisotopic (exact) mass is 344 g/mol. The maximum atomic E-state index is 4.99. The second-order valence-electron chi connectivity index (χ2n) is 7.04. The van der Waals surface area contributed by atoms with E-state index < -0.39 is 0 Å². The quantitative estimate of drug-likeness (QED) is 0.445. The minimum Gasteiger partial charge on any atom is -0.335 e. The van der Waals surface area contributed by atoms with Crippen molar-refractivity contribution in [1.29, 1.82) is 0 Å². The number of hydrogen-bond acceptors (Lipinski definition) is 3. The molecule has 9 bridgehead atoms. The number of fused-ring (bicyclic) bond motifs is 4. The van der Waals surface area contributed by atoms with E-state index in [1.165, 1.54) is 0 Å². The van der Waals surface area contributed by atoms with Crippen LogP contribution in [-0.2, 0) is 0 Å². The van der Waals surface area contributed by atoms with Crippen LogP contribution in [0.15, 0.2) is 42.5 Å². The van der Waals surface area contributed by atoms with Crippen molar-refractivity contribution in [2.24, 2.45) is 0 Å². The fraction of sp³-hybridized carbons (Fsp3) is 0. The van der Waals surface area contributed by atoms with Gasteiger partial charge < -0.3 is 4.98 Å². The van der Waals surface area contributed by atoms with Gasteiger partial charge in [0.25, 0.3) is 0 Å². The highest BCUT2D eigenvalue weighted by Crippen LogP contribution is 2.41. The van der Waals surface area contributed by atoms with Crippen LogP contribution in [0.4, 0.5) is 11.6 Å². The number of rotatable bonds is 0. The maximum absolute atomic E-state index is 4.99. The first kappa shape index (κ1) is 12.4. The molecule has 6 heterocycles. The van der Waals surface area contributed by atoms with Crippen LogP contribution in [0.1, 0.15) is 0 Å². The Hall–Kier alpha value is -3.93. The highest BCUT2D eigenvalue weighted by molar-refractivity contribution is 6.26. The van der Waals surface area contributed by atoms with E-state index in [-0.39, 0.29) is 0 Å². The Balaban J connectivity index is 1.95. The minimum absolute atomic E-state index is 0.626. The summed E-state index contributed by atoms with van der Waals surface area (Å²) in [7, 11) is 0. The Kier molecular flexibility index (Phi) is 1.73. The molecule has 0 atom stereocenters. The van der Waals surface area contributed by atoms with Crippen molar-refractivity contribution in [3.05, 3.63) is 48.5 Å². The summed E-state index contributed by atoms with van der Waals surface area (Å²) < 4.78 is 2.01. The standard InChI is InChI=1S/C21H8N6/c1-3-10-9-7-8-14-18-15(9)11-4-2-5-12-17(11)24-19(22-12)20(25-18)27(14)21-23-13(6-1)16(10)26-21/h2-8H,(H,22,24). The number of imidazole rings is 2. The molecule has 0 amide bonds. The van der Waals surface area contributed by atoms with Gasteiger partial charge in [-0.05, 0) is 35.7 Å². The molecular formula is C21H8N6. The van der Waals surface area contributed by atoms with E-state index in [0.29, 0.717) is 5.95 Å². The Morgan fingerprint density at radius 1 is 0.852 bits per heavy atom. The normalized spacial score (nSPS) is 13.5. The Morgan fingerprint density at radius 2 is 1.85 bits per heavy atom. The average Bonchev–Trinajstić information content (AvgIpc) is 3.38. The SMILES string of the molecule is [c]1cc2c3nc(n4c5ccc(c3c1)c1c3cccc6[nH]c(nc63)c4nc15)[N]2. The Bertz CT molecular complexity index is 1750. The first-order chi connectivity index (χ1) is 13.4. The van der Waals surface area contributed by atoms with Crippen LogP contribution >= 0.6 is 0 Å². The molecule has 122 valence electrons. The molecule has 6 heteroatoms. The van der Waals surface area contributed by atoms with Crippen LogP contribution in [-0.4, -0.2) is 24.3 Å². The summed E-state index contributed by atoms with van der Waals surface area (Å²) in [5.41, 5.74) is 7.16. The van der Waals surface area contributed by atoms with E-state index in [1.54, 1.807) is 0 Å². The van der Waals surface area contributed by atoms with Crippen molar-refractivity contribution < 1.29 is 0 Å². The van der Waals surface area contributed by atoms with Crippen LogP contribution in [0.3, 0.4) is 0 Å². The fourth-order valence-electron chi connectivity index (χ4n) is 4.56. The van der Waals surface area contributed by atoms with Gasteiger partial charge >= 0.3 is 0 Å². The molecule has 1 aliphatic heterocycles. The number of nitrogens with zero attached hydrogens (tertiary/aromatic N) is 5. The molecule has 6 nitrogen and oxygen atoms in total. The van der Waals surface area contributed by atoms with Gasteiger partial charge in [-0.15, -0.1) is 0 Å². The second kappa shape index (κ2) is 3.76. The van der Waals surface area contributed by atoms with E-state index in [2.05, 4.69) is 41.4 Å². The number of para-hydroxylation sites is 1. The molecule has 0 aliphatic carbocycles. The smallest absolute Gasteiger partial charge is 0.237 e. The van der Waals surface area contributed by atoms with E-state index in [4.69, 9.17) is 20.3 Å². The van der Waals surface area contributed by atoms with Crippen LogP contribution in [0, 0.1) is 6.07 Å². The Morgan fingerprint density at radius 3 is 2.85 bits per heavy atom. The summed E-state index contributed by atoms with van der Waals surface area (Å²) >= 11 is 0. The minimum atomic E-state index is 0.626. The predicted octanol–water partition coefficient (Wildman–Crippen LogP) is 4.34. The lowest BCUT2D eigenvalue weighted by Crippen LogP contribution is -1.94. The number of benzene rings is 3. The van der Waals surface area contributed by atoms with Gasteiger partial charge in [0.05, 0.1) is 27.8 Å². The molecule has 0 spiro atoms. The molecular weight excluding hydrogens is 336 g/mol. The first-order valence-electron chi connectivity index (χ1n) is 8.77. The Labute approximate surface area is 150 Å². The molecule has 0 unspecified atom stereocenters. The maximum Gasteiger partial charge on any atom is 0.237 e. The molecule has 2 radical (unpaired) electrons. The number of hydrogen-bond donors (Lipinski definition) is 1. The van der Waals surface area contributed by atoms with Crippen LogP contribution in [0.2, 0.25) is 0 Å². The molecule has 1 aliphatic rings. The number of aromatic nitrogens is 5.